The zero-order chi connectivity index (χ0) is 14.1. The molecular formula is C16H14ClN3. The van der Waals surface area contributed by atoms with Gasteiger partial charge in [-0.05, 0) is 31.2 Å². The number of hydrogen-bond donors (Lipinski definition) is 1. The first-order chi connectivity index (χ1) is 9.67. The molecule has 1 heterocycles. The average molecular weight is 284 g/mol. The Morgan fingerprint density at radius 3 is 2.65 bits per heavy atom. The zero-order valence-electron chi connectivity index (χ0n) is 11.3. The lowest BCUT2D eigenvalue weighted by atomic mass is 10.1. The van der Waals surface area contributed by atoms with Crippen molar-refractivity contribution in [3.63, 3.8) is 0 Å². The molecule has 3 aromatic rings. The van der Waals surface area contributed by atoms with Crippen molar-refractivity contribution >= 4 is 28.3 Å². The lowest BCUT2D eigenvalue weighted by molar-refractivity contribution is 1.21. The number of anilines is 1. The number of benzene rings is 2. The number of rotatable bonds is 2. The van der Waals surface area contributed by atoms with Crippen molar-refractivity contribution in [2.24, 2.45) is 0 Å². The van der Waals surface area contributed by atoms with Crippen molar-refractivity contribution in [1.82, 2.24) is 9.97 Å². The molecule has 0 radical (unpaired) electrons. The Morgan fingerprint density at radius 1 is 1.05 bits per heavy atom. The first kappa shape index (κ1) is 12.9. The third kappa shape index (κ3) is 2.32. The van der Waals surface area contributed by atoms with Gasteiger partial charge in [0, 0.05) is 23.0 Å². The van der Waals surface area contributed by atoms with E-state index in [1.54, 1.807) is 0 Å². The third-order valence-electron chi connectivity index (χ3n) is 3.17. The summed E-state index contributed by atoms with van der Waals surface area (Å²) in [5.41, 5.74) is 3.08. The number of nitrogens with zero attached hydrogens (tertiary/aromatic N) is 2. The summed E-state index contributed by atoms with van der Waals surface area (Å²) in [6.07, 6.45) is 0. The van der Waals surface area contributed by atoms with Gasteiger partial charge in [-0.2, -0.15) is 0 Å². The molecule has 20 heavy (non-hydrogen) atoms. The zero-order valence-corrected chi connectivity index (χ0v) is 12.1. The van der Waals surface area contributed by atoms with Crippen molar-refractivity contribution in [1.29, 1.82) is 0 Å². The molecule has 2 aromatic carbocycles. The van der Waals surface area contributed by atoms with Crippen LogP contribution in [-0.4, -0.2) is 17.0 Å². The number of hydrogen-bond acceptors (Lipinski definition) is 3. The summed E-state index contributed by atoms with van der Waals surface area (Å²) in [6.45, 7) is 2.06. The summed E-state index contributed by atoms with van der Waals surface area (Å²) in [5, 5.41) is 4.72. The van der Waals surface area contributed by atoms with Gasteiger partial charge >= 0.3 is 0 Å². The minimum atomic E-state index is 0.681. The maximum atomic E-state index is 6.04. The van der Waals surface area contributed by atoms with Gasteiger partial charge in [-0.25, -0.2) is 9.97 Å². The molecule has 0 spiro atoms. The summed E-state index contributed by atoms with van der Waals surface area (Å²) < 4.78 is 0. The molecule has 0 aliphatic rings. The molecule has 3 nitrogen and oxygen atoms in total. The predicted octanol–water partition coefficient (Wildman–Crippen LogP) is 4.30. The van der Waals surface area contributed by atoms with Crippen molar-refractivity contribution in [2.45, 2.75) is 6.92 Å². The maximum Gasteiger partial charge on any atom is 0.162 e. The van der Waals surface area contributed by atoms with Crippen LogP contribution < -0.4 is 5.32 Å². The van der Waals surface area contributed by atoms with Gasteiger partial charge in [0.05, 0.1) is 5.52 Å². The number of fused-ring (bicyclic) bond motifs is 1. The Balaban J connectivity index is 2.25. The van der Waals surface area contributed by atoms with E-state index in [1.807, 2.05) is 37.4 Å². The Hall–Kier alpha value is -2.13. The minimum Gasteiger partial charge on any atom is -0.373 e. The molecule has 4 heteroatoms. The van der Waals surface area contributed by atoms with E-state index in [0.29, 0.717) is 10.8 Å². The molecule has 0 amide bonds. The Labute approximate surface area is 122 Å². The van der Waals surface area contributed by atoms with Crippen LogP contribution in [0.15, 0.2) is 42.5 Å². The van der Waals surface area contributed by atoms with E-state index >= 15 is 0 Å². The van der Waals surface area contributed by atoms with Crippen LogP contribution in [0.25, 0.3) is 22.3 Å². The highest BCUT2D eigenvalue weighted by molar-refractivity contribution is 6.31. The molecule has 0 saturated carbocycles. The topological polar surface area (TPSA) is 37.8 Å². The smallest absolute Gasteiger partial charge is 0.162 e. The van der Waals surface area contributed by atoms with Crippen LogP contribution in [0.2, 0.25) is 5.02 Å². The minimum absolute atomic E-state index is 0.681. The van der Waals surface area contributed by atoms with Gasteiger partial charge in [-0.15, -0.1) is 0 Å². The summed E-state index contributed by atoms with van der Waals surface area (Å²) >= 11 is 6.04. The molecule has 0 aliphatic carbocycles. The van der Waals surface area contributed by atoms with E-state index in [1.165, 1.54) is 5.56 Å². The monoisotopic (exact) mass is 283 g/mol. The van der Waals surface area contributed by atoms with Crippen molar-refractivity contribution in [3.05, 3.63) is 53.1 Å². The predicted molar refractivity (Wildman–Crippen MR) is 84.3 cm³/mol. The van der Waals surface area contributed by atoms with E-state index in [4.69, 9.17) is 11.6 Å². The van der Waals surface area contributed by atoms with Crippen LogP contribution in [-0.2, 0) is 0 Å². The molecule has 0 atom stereocenters. The first-order valence-electron chi connectivity index (χ1n) is 6.39. The standard InChI is InChI=1S/C16H14ClN3/c1-10-4-3-5-11(8-10)15-19-14-7-6-12(17)9-13(14)16(18-2)20-15/h3-9H,1-2H3,(H,18,19,20). The van der Waals surface area contributed by atoms with Crippen LogP contribution in [0.5, 0.6) is 0 Å². The summed E-state index contributed by atoms with van der Waals surface area (Å²) in [4.78, 5) is 9.22. The van der Waals surface area contributed by atoms with Gasteiger partial charge in [0.1, 0.15) is 5.82 Å². The molecule has 0 fully saturated rings. The van der Waals surface area contributed by atoms with Crippen LogP contribution in [0.1, 0.15) is 5.56 Å². The quantitative estimate of drug-likeness (QED) is 0.762. The second-order valence-corrected chi connectivity index (χ2v) is 5.11. The van der Waals surface area contributed by atoms with Gasteiger partial charge in [0.15, 0.2) is 5.82 Å². The van der Waals surface area contributed by atoms with Crippen molar-refractivity contribution in [2.75, 3.05) is 12.4 Å². The Bertz CT molecular complexity index is 784. The molecule has 1 N–H and O–H groups in total. The Morgan fingerprint density at radius 2 is 1.90 bits per heavy atom. The van der Waals surface area contributed by atoms with Crippen LogP contribution in [0.4, 0.5) is 5.82 Å². The molecular weight excluding hydrogens is 270 g/mol. The SMILES string of the molecule is CNc1nc(-c2cccc(C)c2)nc2ccc(Cl)cc12. The fourth-order valence-electron chi connectivity index (χ4n) is 2.20. The lowest BCUT2D eigenvalue weighted by Crippen LogP contribution is -1.98. The third-order valence-corrected chi connectivity index (χ3v) is 3.41. The summed E-state index contributed by atoms with van der Waals surface area (Å²) in [5.74, 6) is 1.50. The molecule has 0 saturated heterocycles. The second-order valence-electron chi connectivity index (χ2n) is 4.68. The van der Waals surface area contributed by atoms with Gasteiger partial charge in [0.2, 0.25) is 0 Å². The second kappa shape index (κ2) is 5.10. The molecule has 0 bridgehead atoms. The van der Waals surface area contributed by atoms with Crippen molar-refractivity contribution in [3.8, 4) is 11.4 Å². The van der Waals surface area contributed by atoms with Gasteiger partial charge in [-0.3, -0.25) is 0 Å². The fourth-order valence-corrected chi connectivity index (χ4v) is 2.38. The number of aromatic nitrogens is 2. The van der Waals surface area contributed by atoms with Crippen molar-refractivity contribution < 1.29 is 0 Å². The molecule has 100 valence electrons. The normalized spacial score (nSPS) is 10.8. The van der Waals surface area contributed by atoms with Crippen LogP contribution in [0.3, 0.4) is 0 Å². The van der Waals surface area contributed by atoms with Crippen LogP contribution in [0, 0.1) is 6.92 Å². The summed E-state index contributed by atoms with van der Waals surface area (Å²) in [6, 6.07) is 13.8. The van der Waals surface area contributed by atoms with E-state index in [9.17, 15) is 0 Å². The van der Waals surface area contributed by atoms with Gasteiger partial charge in [-0.1, -0.05) is 35.4 Å². The molecule has 0 unspecified atom stereocenters. The highest BCUT2D eigenvalue weighted by Gasteiger charge is 2.09. The fraction of sp³-hybridized carbons (Fsp3) is 0.125. The maximum absolute atomic E-state index is 6.04. The van der Waals surface area contributed by atoms with Gasteiger partial charge in [0.25, 0.3) is 0 Å². The average Bonchev–Trinajstić information content (AvgIpc) is 2.46. The highest BCUT2D eigenvalue weighted by Crippen LogP contribution is 2.27. The molecule has 0 aliphatic heterocycles. The van der Waals surface area contributed by atoms with E-state index in [-0.39, 0.29) is 0 Å². The largest absolute Gasteiger partial charge is 0.373 e. The highest BCUT2D eigenvalue weighted by atomic mass is 35.5. The number of aryl methyl sites for hydroxylation is 1. The molecule has 3 rings (SSSR count). The lowest BCUT2D eigenvalue weighted by Gasteiger charge is -2.09. The summed E-state index contributed by atoms with van der Waals surface area (Å²) in [7, 11) is 1.85. The first-order valence-corrected chi connectivity index (χ1v) is 6.77. The Kier molecular flexibility index (Phi) is 3.28. The molecule has 1 aromatic heterocycles. The van der Waals surface area contributed by atoms with E-state index in [2.05, 4.69) is 34.3 Å². The number of nitrogens with one attached hydrogen (secondary N) is 1. The van der Waals surface area contributed by atoms with Crippen LogP contribution >= 0.6 is 11.6 Å². The van der Waals surface area contributed by atoms with E-state index in [0.717, 1.165) is 22.3 Å². The number of halogens is 1. The van der Waals surface area contributed by atoms with E-state index < -0.39 is 0 Å². The van der Waals surface area contributed by atoms with Gasteiger partial charge < -0.3 is 5.32 Å².